The number of rotatable bonds is 1. The lowest BCUT2D eigenvalue weighted by atomic mass is 9.67. The molecule has 1 saturated heterocycles. The quantitative estimate of drug-likeness (QED) is 0.614. The van der Waals surface area contributed by atoms with E-state index < -0.39 is 0 Å². The molecule has 0 N–H and O–H groups in total. The molecule has 0 aromatic carbocycles. The molecule has 1 heterocycles. The van der Waals surface area contributed by atoms with E-state index in [1.165, 1.54) is 44.9 Å². The molecule has 96 valence electrons. The van der Waals surface area contributed by atoms with E-state index >= 15 is 0 Å². The second kappa shape index (κ2) is 4.76. The third-order valence-corrected chi connectivity index (χ3v) is 5.04. The first-order valence-electron chi connectivity index (χ1n) is 7.63. The van der Waals surface area contributed by atoms with Crippen LogP contribution in [0.2, 0.25) is 0 Å². The summed E-state index contributed by atoms with van der Waals surface area (Å²) >= 11 is 0. The zero-order chi connectivity index (χ0) is 11.8. The van der Waals surface area contributed by atoms with Crippen LogP contribution >= 0.6 is 0 Å². The molecule has 0 radical (unpaired) electrons. The first-order valence-corrected chi connectivity index (χ1v) is 7.63. The Kier molecular flexibility index (Phi) is 3.30. The van der Waals surface area contributed by atoms with E-state index in [0.29, 0.717) is 18.1 Å². The fourth-order valence-electron chi connectivity index (χ4n) is 4.26. The van der Waals surface area contributed by atoms with Crippen molar-refractivity contribution in [1.29, 1.82) is 0 Å². The van der Waals surface area contributed by atoms with E-state index in [-0.39, 0.29) is 0 Å². The first-order chi connectivity index (χ1) is 8.27. The van der Waals surface area contributed by atoms with E-state index in [4.69, 9.17) is 4.74 Å². The minimum atomic E-state index is 0.501. The summed E-state index contributed by atoms with van der Waals surface area (Å²) in [4.78, 5) is 0. The van der Waals surface area contributed by atoms with Gasteiger partial charge in [-0.05, 0) is 38.0 Å². The van der Waals surface area contributed by atoms with Gasteiger partial charge in [0.1, 0.15) is 0 Å². The van der Waals surface area contributed by atoms with Gasteiger partial charge < -0.3 is 4.74 Å². The van der Waals surface area contributed by atoms with Crippen LogP contribution in [0, 0.1) is 17.8 Å². The van der Waals surface area contributed by atoms with Gasteiger partial charge in [0.15, 0.2) is 0 Å². The maximum Gasteiger partial charge on any atom is 0.0667 e. The molecule has 0 bridgehead atoms. The molecule has 0 aromatic rings. The van der Waals surface area contributed by atoms with E-state index in [1.54, 1.807) is 5.57 Å². The Labute approximate surface area is 106 Å². The highest BCUT2D eigenvalue weighted by Crippen LogP contribution is 2.47. The molecule has 0 amide bonds. The molecule has 1 heteroatoms. The molecule has 1 saturated carbocycles. The zero-order valence-electron chi connectivity index (χ0n) is 11.3. The molecule has 3 rings (SSSR count). The van der Waals surface area contributed by atoms with Crippen LogP contribution < -0.4 is 0 Å². The minimum absolute atomic E-state index is 0.501. The van der Waals surface area contributed by atoms with Crippen molar-refractivity contribution in [1.82, 2.24) is 0 Å². The van der Waals surface area contributed by atoms with Crippen LogP contribution in [-0.2, 0) is 4.74 Å². The maximum atomic E-state index is 6.48. The third-order valence-electron chi connectivity index (χ3n) is 5.04. The van der Waals surface area contributed by atoms with Crippen molar-refractivity contribution in [2.75, 3.05) is 0 Å². The summed E-state index contributed by atoms with van der Waals surface area (Å²) in [5, 5.41) is 0. The van der Waals surface area contributed by atoms with Gasteiger partial charge in [-0.15, -0.1) is 0 Å². The molecular formula is C16H26O. The van der Waals surface area contributed by atoms with Gasteiger partial charge >= 0.3 is 0 Å². The van der Waals surface area contributed by atoms with Crippen LogP contribution in [0.25, 0.3) is 0 Å². The smallest absolute Gasteiger partial charge is 0.0667 e. The fraction of sp³-hybridized carbons (Fsp3) is 0.875. The lowest BCUT2D eigenvalue weighted by Crippen LogP contribution is -2.47. The molecule has 0 unspecified atom stereocenters. The van der Waals surface area contributed by atoms with Crippen LogP contribution in [0.15, 0.2) is 11.6 Å². The van der Waals surface area contributed by atoms with Gasteiger partial charge in [0.25, 0.3) is 0 Å². The average molecular weight is 234 g/mol. The number of allylic oxidation sites excluding steroid dienone is 1. The molecular weight excluding hydrogens is 208 g/mol. The molecule has 4 atom stereocenters. The second-order valence-electron chi connectivity index (χ2n) is 6.52. The van der Waals surface area contributed by atoms with Crippen molar-refractivity contribution in [3.05, 3.63) is 11.6 Å². The number of hydrogen-bond acceptors (Lipinski definition) is 1. The van der Waals surface area contributed by atoms with E-state index in [2.05, 4.69) is 19.9 Å². The van der Waals surface area contributed by atoms with E-state index in [1.807, 2.05) is 0 Å². The van der Waals surface area contributed by atoms with Crippen LogP contribution in [0.3, 0.4) is 0 Å². The van der Waals surface area contributed by atoms with Gasteiger partial charge in [0, 0.05) is 11.8 Å². The van der Waals surface area contributed by atoms with Gasteiger partial charge in [-0.2, -0.15) is 0 Å². The Morgan fingerprint density at radius 3 is 2.65 bits per heavy atom. The lowest BCUT2D eigenvalue weighted by Gasteiger charge is -2.48. The van der Waals surface area contributed by atoms with Crippen molar-refractivity contribution >= 4 is 0 Å². The number of ether oxygens (including phenoxy) is 1. The molecule has 0 spiro atoms. The SMILES string of the molecule is CC(C)[C@@H]1O[C@@H]2CCCC[C@H]2C2=CCCC[C@@H]21. The summed E-state index contributed by atoms with van der Waals surface area (Å²) in [7, 11) is 0. The van der Waals surface area contributed by atoms with Crippen molar-refractivity contribution < 1.29 is 4.74 Å². The van der Waals surface area contributed by atoms with Gasteiger partial charge in [-0.1, -0.05) is 38.3 Å². The number of hydrogen-bond donors (Lipinski definition) is 0. The normalized spacial score (nSPS) is 41.7. The summed E-state index contributed by atoms with van der Waals surface area (Å²) in [6.07, 6.45) is 13.2. The average Bonchev–Trinajstić information content (AvgIpc) is 2.37. The van der Waals surface area contributed by atoms with Gasteiger partial charge in [-0.3, -0.25) is 0 Å². The molecule has 0 aromatic heterocycles. The molecule has 2 aliphatic carbocycles. The summed E-state index contributed by atoms with van der Waals surface area (Å²) in [5.41, 5.74) is 1.80. The van der Waals surface area contributed by atoms with Crippen LogP contribution in [0.5, 0.6) is 0 Å². The molecule has 2 fully saturated rings. The van der Waals surface area contributed by atoms with Crippen molar-refractivity contribution in [3.63, 3.8) is 0 Å². The Bertz CT molecular complexity index is 305. The van der Waals surface area contributed by atoms with Crippen LogP contribution in [0.1, 0.15) is 58.8 Å². The predicted molar refractivity (Wildman–Crippen MR) is 70.9 cm³/mol. The van der Waals surface area contributed by atoms with Gasteiger partial charge in [0.05, 0.1) is 12.2 Å². The summed E-state index contributed by atoms with van der Waals surface area (Å²) in [6.45, 7) is 4.67. The van der Waals surface area contributed by atoms with Crippen molar-refractivity contribution in [2.45, 2.75) is 71.0 Å². The van der Waals surface area contributed by atoms with E-state index in [9.17, 15) is 0 Å². The van der Waals surface area contributed by atoms with Gasteiger partial charge in [0.2, 0.25) is 0 Å². The summed E-state index contributed by atoms with van der Waals surface area (Å²) < 4.78 is 6.48. The highest BCUT2D eigenvalue weighted by molar-refractivity contribution is 5.20. The fourth-order valence-corrected chi connectivity index (χ4v) is 4.26. The number of fused-ring (bicyclic) bond motifs is 3. The first kappa shape index (κ1) is 11.8. The molecule has 3 aliphatic rings. The summed E-state index contributed by atoms with van der Waals surface area (Å²) in [6, 6.07) is 0. The predicted octanol–water partition coefficient (Wildman–Crippen LogP) is 4.33. The lowest BCUT2D eigenvalue weighted by molar-refractivity contribution is -0.121. The zero-order valence-corrected chi connectivity index (χ0v) is 11.3. The molecule has 1 aliphatic heterocycles. The highest BCUT2D eigenvalue weighted by atomic mass is 16.5. The Morgan fingerprint density at radius 1 is 1.06 bits per heavy atom. The molecule has 1 nitrogen and oxygen atoms in total. The molecule has 17 heavy (non-hydrogen) atoms. The summed E-state index contributed by atoms with van der Waals surface area (Å²) in [5.74, 6) is 2.21. The second-order valence-corrected chi connectivity index (χ2v) is 6.52. The highest BCUT2D eigenvalue weighted by Gasteiger charge is 2.43. The Hall–Kier alpha value is -0.300. The van der Waals surface area contributed by atoms with Crippen molar-refractivity contribution in [2.24, 2.45) is 17.8 Å². The van der Waals surface area contributed by atoms with Gasteiger partial charge in [-0.25, -0.2) is 0 Å². The van der Waals surface area contributed by atoms with Crippen molar-refractivity contribution in [3.8, 4) is 0 Å². The van der Waals surface area contributed by atoms with Crippen LogP contribution in [-0.4, -0.2) is 12.2 Å². The monoisotopic (exact) mass is 234 g/mol. The standard InChI is InChI=1S/C16H26O/c1-11(2)16-14-9-4-3-7-12(14)13-8-5-6-10-15(13)17-16/h7,11,13-16H,3-6,8-10H2,1-2H3/t13-,14-,15+,16-/m0/s1. The maximum absolute atomic E-state index is 6.48. The Morgan fingerprint density at radius 2 is 1.82 bits per heavy atom. The van der Waals surface area contributed by atoms with E-state index in [0.717, 1.165) is 11.8 Å². The minimum Gasteiger partial charge on any atom is -0.373 e. The topological polar surface area (TPSA) is 9.23 Å². The van der Waals surface area contributed by atoms with Crippen LogP contribution in [0.4, 0.5) is 0 Å². The largest absolute Gasteiger partial charge is 0.373 e. The third kappa shape index (κ3) is 2.07. The Balaban J connectivity index is 1.88.